The maximum Gasteiger partial charge on any atom is 0.293 e. The summed E-state index contributed by atoms with van der Waals surface area (Å²) in [7, 11) is -4.46. The Bertz CT molecular complexity index is 2160. The molecule has 52 heavy (non-hydrogen) atoms. The highest BCUT2D eigenvalue weighted by Crippen LogP contribution is 2.29. The standard InChI is InChI=1S/C36H36N8O6S2/c1-25-19-26(7-9-31(25)27-20-28(45)23-37-22-27)24-42-14-16-43(17-15-42)35-12-11-33(39-40-35)36(46)41-52(49,50)30-8-10-32(34(21-30)44(47)48)38-13-18-51-29-5-3-2-4-6-29/h2-12,19-23,38,45H,13-18,24H2,1H3,(H,41,46). The average Bonchev–Trinajstić information content (AvgIpc) is 3.14. The molecule has 268 valence electrons. The number of nitrogens with one attached hydrogen (secondary N) is 2. The Labute approximate surface area is 305 Å². The van der Waals surface area contributed by atoms with E-state index >= 15 is 0 Å². The lowest BCUT2D eigenvalue weighted by molar-refractivity contribution is -0.384. The molecule has 6 rings (SSSR count). The quantitative estimate of drug-likeness (QED) is 0.0627. The number of hydrogen-bond acceptors (Lipinski definition) is 13. The van der Waals surface area contributed by atoms with E-state index in [-0.39, 0.29) is 17.1 Å². The minimum atomic E-state index is -4.46. The first-order valence-electron chi connectivity index (χ1n) is 16.4. The maximum atomic E-state index is 13.1. The molecule has 1 aliphatic heterocycles. The minimum absolute atomic E-state index is 0.125. The van der Waals surface area contributed by atoms with Crippen LogP contribution in [0, 0.1) is 17.0 Å². The second-order valence-electron chi connectivity index (χ2n) is 12.1. The van der Waals surface area contributed by atoms with E-state index in [1.165, 1.54) is 30.0 Å². The van der Waals surface area contributed by atoms with Crippen molar-refractivity contribution in [2.24, 2.45) is 0 Å². The van der Waals surface area contributed by atoms with Crippen molar-refractivity contribution in [1.29, 1.82) is 0 Å². The molecule has 0 atom stereocenters. The van der Waals surface area contributed by atoms with Crippen molar-refractivity contribution < 1.29 is 23.2 Å². The number of aromatic hydroxyl groups is 1. The van der Waals surface area contributed by atoms with Crippen LogP contribution in [0.4, 0.5) is 17.2 Å². The minimum Gasteiger partial charge on any atom is -0.506 e. The largest absolute Gasteiger partial charge is 0.506 e. The summed E-state index contributed by atoms with van der Waals surface area (Å²) in [6.45, 7) is 6.10. The highest BCUT2D eigenvalue weighted by molar-refractivity contribution is 7.99. The summed E-state index contributed by atoms with van der Waals surface area (Å²) < 4.78 is 28.1. The number of aromatic nitrogens is 3. The molecule has 0 saturated carbocycles. The van der Waals surface area contributed by atoms with E-state index in [9.17, 15) is 28.4 Å². The van der Waals surface area contributed by atoms with Crippen LogP contribution in [0.2, 0.25) is 0 Å². The number of hydrogen-bond donors (Lipinski definition) is 3. The number of carbonyl (C=O) groups excluding carboxylic acids is 1. The van der Waals surface area contributed by atoms with Crippen LogP contribution in [0.1, 0.15) is 21.6 Å². The predicted molar refractivity (Wildman–Crippen MR) is 199 cm³/mol. The van der Waals surface area contributed by atoms with E-state index in [1.54, 1.807) is 30.1 Å². The summed E-state index contributed by atoms with van der Waals surface area (Å²) in [4.78, 5) is 33.1. The van der Waals surface area contributed by atoms with Gasteiger partial charge < -0.3 is 15.3 Å². The van der Waals surface area contributed by atoms with Gasteiger partial charge in [-0.3, -0.25) is 24.8 Å². The predicted octanol–water partition coefficient (Wildman–Crippen LogP) is 5.11. The molecule has 1 aliphatic rings. The van der Waals surface area contributed by atoms with Gasteiger partial charge in [0.25, 0.3) is 21.6 Å². The molecular weight excluding hydrogens is 705 g/mol. The third-order valence-electron chi connectivity index (χ3n) is 8.44. The van der Waals surface area contributed by atoms with Gasteiger partial charge >= 0.3 is 0 Å². The number of carbonyl (C=O) groups is 1. The Morgan fingerprint density at radius 3 is 2.44 bits per heavy atom. The first-order chi connectivity index (χ1) is 25.1. The van der Waals surface area contributed by atoms with Crippen molar-refractivity contribution in [3.05, 3.63) is 124 Å². The van der Waals surface area contributed by atoms with Crippen molar-refractivity contribution in [2.75, 3.05) is 48.7 Å². The highest BCUT2D eigenvalue weighted by Gasteiger charge is 2.25. The van der Waals surface area contributed by atoms with Gasteiger partial charge in [0.2, 0.25) is 0 Å². The smallest absolute Gasteiger partial charge is 0.293 e. The van der Waals surface area contributed by atoms with Crippen LogP contribution >= 0.6 is 11.8 Å². The number of thioether (sulfide) groups is 1. The Morgan fingerprint density at radius 1 is 0.962 bits per heavy atom. The molecular formula is C36H36N8O6S2. The zero-order valence-corrected chi connectivity index (χ0v) is 29.8. The molecule has 14 nitrogen and oxygen atoms in total. The molecule has 5 aromatic rings. The van der Waals surface area contributed by atoms with Crippen LogP contribution in [0.25, 0.3) is 11.1 Å². The summed E-state index contributed by atoms with van der Waals surface area (Å²) in [5.74, 6) is 0.304. The van der Waals surface area contributed by atoms with E-state index in [1.807, 2.05) is 52.9 Å². The summed E-state index contributed by atoms with van der Waals surface area (Å²) in [6, 6.07) is 24.1. The third kappa shape index (κ3) is 9.01. The van der Waals surface area contributed by atoms with Crippen molar-refractivity contribution >= 4 is 44.9 Å². The number of aryl methyl sites for hydroxylation is 1. The van der Waals surface area contributed by atoms with Crippen LogP contribution in [0.15, 0.2) is 107 Å². The van der Waals surface area contributed by atoms with Crippen molar-refractivity contribution in [3.8, 4) is 16.9 Å². The SMILES string of the molecule is Cc1cc(CN2CCN(c3ccc(C(=O)NS(=O)(=O)c4ccc(NCCSc5ccccc5)c([N+](=O)[O-])c4)nn3)CC2)ccc1-c1cncc(O)c1. The van der Waals surface area contributed by atoms with E-state index < -0.39 is 31.4 Å². The summed E-state index contributed by atoms with van der Waals surface area (Å²) in [5, 5.41) is 32.7. The highest BCUT2D eigenvalue weighted by atomic mass is 32.2. The zero-order valence-electron chi connectivity index (χ0n) is 28.2. The molecule has 3 heterocycles. The number of nitro benzene ring substituents is 1. The zero-order chi connectivity index (χ0) is 36.7. The Kier molecular flexibility index (Phi) is 11.3. The molecule has 2 aromatic heterocycles. The summed E-state index contributed by atoms with van der Waals surface area (Å²) in [5.41, 5.74) is 3.66. The first kappa shape index (κ1) is 36.2. The van der Waals surface area contributed by atoms with Crippen LogP contribution in [-0.2, 0) is 16.6 Å². The van der Waals surface area contributed by atoms with Gasteiger partial charge in [0.05, 0.1) is 16.0 Å². The van der Waals surface area contributed by atoms with Crippen molar-refractivity contribution in [2.45, 2.75) is 23.3 Å². The normalized spacial score (nSPS) is 13.4. The number of piperazine rings is 1. The second kappa shape index (κ2) is 16.2. The molecule has 0 spiro atoms. The van der Waals surface area contributed by atoms with Gasteiger partial charge in [-0.2, -0.15) is 0 Å². The number of sulfonamides is 1. The molecule has 0 unspecified atom stereocenters. The lowest BCUT2D eigenvalue weighted by Crippen LogP contribution is -2.46. The summed E-state index contributed by atoms with van der Waals surface area (Å²) in [6.07, 6.45) is 3.14. The lowest BCUT2D eigenvalue weighted by atomic mass is 9.99. The molecule has 0 radical (unpaired) electrons. The van der Waals surface area contributed by atoms with E-state index in [0.29, 0.717) is 31.2 Å². The molecule has 16 heteroatoms. The lowest BCUT2D eigenvalue weighted by Gasteiger charge is -2.35. The second-order valence-corrected chi connectivity index (χ2v) is 14.9. The van der Waals surface area contributed by atoms with Crippen LogP contribution in [0.5, 0.6) is 5.75 Å². The number of pyridine rings is 1. The van der Waals surface area contributed by atoms with Gasteiger partial charge in [0.15, 0.2) is 11.5 Å². The van der Waals surface area contributed by atoms with Crippen LogP contribution in [-0.4, -0.2) is 82.9 Å². The van der Waals surface area contributed by atoms with Gasteiger partial charge in [-0.1, -0.05) is 36.4 Å². The first-order valence-corrected chi connectivity index (χ1v) is 18.8. The number of benzene rings is 3. The molecule has 1 amide bonds. The molecule has 3 N–H and O–H groups in total. The molecule has 0 aliphatic carbocycles. The maximum absolute atomic E-state index is 13.1. The topological polar surface area (TPSA) is 184 Å². The van der Waals surface area contributed by atoms with Gasteiger partial charge in [-0.25, -0.2) is 13.1 Å². The average molecular weight is 741 g/mol. The fourth-order valence-corrected chi connectivity index (χ4v) is 7.58. The molecule has 1 saturated heterocycles. The molecule has 0 bridgehead atoms. The van der Waals surface area contributed by atoms with Crippen LogP contribution < -0.4 is 14.9 Å². The number of rotatable bonds is 13. The van der Waals surface area contributed by atoms with E-state index in [0.717, 1.165) is 47.3 Å². The fourth-order valence-electron chi connectivity index (χ4n) is 5.82. The van der Waals surface area contributed by atoms with Gasteiger partial charge in [-0.15, -0.1) is 22.0 Å². The summed E-state index contributed by atoms with van der Waals surface area (Å²) >= 11 is 1.58. The van der Waals surface area contributed by atoms with Gasteiger partial charge in [0.1, 0.15) is 11.4 Å². The van der Waals surface area contributed by atoms with E-state index in [4.69, 9.17) is 0 Å². The molecule has 3 aromatic carbocycles. The number of anilines is 2. The van der Waals surface area contributed by atoms with Crippen molar-refractivity contribution in [1.82, 2.24) is 24.8 Å². The Hall–Kier alpha value is -5.58. The number of nitrogens with zero attached hydrogens (tertiary/aromatic N) is 6. The Balaban J connectivity index is 1.01. The van der Waals surface area contributed by atoms with Crippen molar-refractivity contribution in [3.63, 3.8) is 0 Å². The third-order valence-corrected chi connectivity index (χ3v) is 10.8. The number of nitro groups is 1. The van der Waals surface area contributed by atoms with Gasteiger partial charge in [0, 0.05) is 67.7 Å². The monoisotopic (exact) mass is 740 g/mol. The van der Waals surface area contributed by atoms with Gasteiger partial charge in [-0.05, 0) is 66.1 Å². The Morgan fingerprint density at radius 2 is 1.75 bits per heavy atom. The number of amides is 1. The van der Waals surface area contributed by atoms with Crippen LogP contribution in [0.3, 0.4) is 0 Å². The fraction of sp³-hybridized carbons (Fsp3) is 0.222. The van der Waals surface area contributed by atoms with E-state index in [2.05, 4.69) is 37.5 Å². The molecule has 1 fully saturated rings.